The molecule has 0 spiro atoms. The Bertz CT molecular complexity index is 353. The van der Waals surface area contributed by atoms with E-state index < -0.39 is 0 Å². The number of thioether (sulfide) groups is 1. The first-order valence-electron chi connectivity index (χ1n) is 6.54. The van der Waals surface area contributed by atoms with Gasteiger partial charge in [0.05, 0.1) is 0 Å². The van der Waals surface area contributed by atoms with Crippen molar-refractivity contribution in [1.29, 1.82) is 0 Å². The van der Waals surface area contributed by atoms with Crippen LogP contribution in [-0.2, 0) is 6.42 Å². The van der Waals surface area contributed by atoms with Crippen molar-refractivity contribution in [1.82, 2.24) is 0 Å². The van der Waals surface area contributed by atoms with E-state index in [0.29, 0.717) is 0 Å². The fourth-order valence-corrected chi connectivity index (χ4v) is 2.25. The average molecular weight is 246 g/mol. The van der Waals surface area contributed by atoms with Crippen LogP contribution >= 0.6 is 11.8 Å². The molecule has 0 aliphatic heterocycles. The predicted molar refractivity (Wildman–Crippen MR) is 78.5 cm³/mol. The van der Waals surface area contributed by atoms with Gasteiger partial charge in [0.15, 0.2) is 0 Å². The number of hydrogen-bond acceptors (Lipinski definition) is 1. The zero-order chi connectivity index (χ0) is 12.3. The van der Waals surface area contributed by atoms with Crippen LogP contribution < -0.4 is 0 Å². The molecule has 0 atom stereocenters. The summed E-state index contributed by atoms with van der Waals surface area (Å²) in [4.78, 5) is 1.38. The van der Waals surface area contributed by atoms with E-state index in [1.807, 2.05) is 11.8 Å². The molecule has 92 valence electrons. The van der Waals surface area contributed by atoms with Crippen LogP contribution in [-0.4, -0.2) is 5.75 Å². The molecule has 0 aromatic heterocycles. The van der Waals surface area contributed by atoms with Crippen molar-refractivity contribution >= 4 is 11.8 Å². The van der Waals surface area contributed by atoms with Crippen LogP contribution in [0.2, 0.25) is 0 Å². The molecule has 1 rings (SSSR count). The fourth-order valence-electron chi connectivity index (χ4n) is 1.48. The van der Waals surface area contributed by atoms with E-state index >= 15 is 0 Å². The summed E-state index contributed by atoms with van der Waals surface area (Å²) < 4.78 is 0. The zero-order valence-electron chi connectivity index (χ0n) is 11.0. The topological polar surface area (TPSA) is 0 Å². The number of unbranched alkanes of at least 4 members (excludes halogenated alkanes) is 1. The van der Waals surface area contributed by atoms with E-state index in [9.17, 15) is 0 Å². The molecular formula is C16H22S. The summed E-state index contributed by atoms with van der Waals surface area (Å²) in [5.74, 6) is 7.63. The van der Waals surface area contributed by atoms with Gasteiger partial charge in [0.1, 0.15) is 0 Å². The number of hydrogen-bond donors (Lipinski definition) is 0. The number of aryl methyl sites for hydroxylation is 1. The Kier molecular flexibility index (Phi) is 7.67. The van der Waals surface area contributed by atoms with E-state index in [1.165, 1.54) is 22.6 Å². The molecule has 0 aliphatic rings. The van der Waals surface area contributed by atoms with Crippen LogP contribution in [0.1, 0.15) is 45.1 Å². The summed E-state index contributed by atoms with van der Waals surface area (Å²) in [5, 5.41) is 0. The van der Waals surface area contributed by atoms with Crippen molar-refractivity contribution in [3.8, 4) is 11.8 Å². The largest absolute Gasteiger partial charge is 0.126 e. The molecule has 0 heterocycles. The Labute approximate surface area is 110 Å². The van der Waals surface area contributed by atoms with E-state index in [0.717, 1.165) is 25.7 Å². The van der Waals surface area contributed by atoms with Crippen molar-refractivity contribution in [3.63, 3.8) is 0 Å². The lowest BCUT2D eigenvalue weighted by Crippen LogP contribution is -1.84. The van der Waals surface area contributed by atoms with Crippen LogP contribution in [0.4, 0.5) is 0 Å². The second-order valence-corrected chi connectivity index (χ2v) is 5.26. The highest BCUT2D eigenvalue weighted by atomic mass is 32.2. The molecule has 17 heavy (non-hydrogen) atoms. The van der Waals surface area contributed by atoms with Gasteiger partial charge in [-0.3, -0.25) is 0 Å². The van der Waals surface area contributed by atoms with E-state index in [1.54, 1.807) is 0 Å². The van der Waals surface area contributed by atoms with Crippen molar-refractivity contribution in [2.45, 2.75) is 50.8 Å². The van der Waals surface area contributed by atoms with Gasteiger partial charge < -0.3 is 0 Å². The first-order chi connectivity index (χ1) is 8.36. The van der Waals surface area contributed by atoms with E-state index in [2.05, 4.69) is 50.0 Å². The highest BCUT2D eigenvalue weighted by molar-refractivity contribution is 7.99. The summed E-state index contributed by atoms with van der Waals surface area (Å²) in [6.07, 6.45) is 5.50. The highest BCUT2D eigenvalue weighted by Gasteiger charge is 1.94. The normalized spacial score (nSPS) is 9.76. The molecule has 0 unspecified atom stereocenters. The Morgan fingerprint density at radius 2 is 1.65 bits per heavy atom. The van der Waals surface area contributed by atoms with Gasteiger partial charge in [0.25, 0.3) is 0 Å². The van der Waals surface area contributed by atoms with Crippen molar-refractivity contribution < 1.29 is 0 Å². The van der Waals surface area contributed by atoms with Gasteiger partial charge in [-0.1, -0.05) is 26.0 Å². The lowest BCUT2D eigenvalue weighted by molar-refractivity contribution is 0.973. The number of benzene rings is 1. The van der Waals surface area contributed by atoms with Crippen LogP contribution in [0.15, 0.2) is 29.2 Å². The summed E-state index contributed by atoms with van der Waals surface area (Å²) >= 11 is 1.94. The molecule has 0 saturated heterocycles. The third kappa shape index (κ3) is 6.44. The first kappa shape index (κ1) is 14.2. The minimum Gasteiger partial charge on any atom is -0.126 e. The zero-order valence-corrected chi connectivity index (χ0v) is 11.8. The molecule has 0 nitrogen and oxygen atoms in total. The van der Waals surface area contributed by atoms with Crippen LogP contribution in [0.5, 0.6) is 0 Å². The smallest absolute Gasteiger partial charge is 0.0129 e. The van der Waals surface area contributed by atoms with Gasteiger partial charge >= 0.3 is 0 Å². The Hall–Kier alpha value is -0.870. The SMILES string of the molecule is CCCC#CCCc1ccc(SCCC)cc1. The molecule has 0 saturated carbocycles. The molecule has 1 aromatic rings. The molecule has 1 aromatic carbocycles. The van der Waals surface area contributed by atoms with Gasteiger partial charge in [-0.2, -0.15) is 0 Å². The van der Waals surface area contributed by atoms with E-state index in [-0.39, 0.29) is 0 Å². The average Bonchev–Trinajstić information content (AvgIpc) is 2.37. The van der Waals surface area contributed by atoms with Crippen molar-refractivity contribution in [3.05, 3.63) is 29.8 Å². The lowest BCUT2D eigenvalue weighted by Gasteiger charge is -2.01. The van der Waals surface area contributed by atoms with Crippen LogP contribution in [0.3, 0.4) is 0 Å². The van der Waals surface area contributed by atoms with Gasteiger partial charge in [-0.25, -0.2) is 0 Å². The highest BCUT2D eigenvalue weighted by Crippen LogP contribution is 2.19. The van der Waals surface area contributed by atoms with Gasteiger partial charge in [-0.05, 0) is 42.7 Å². The first-order valence-corrected chi connectivity index (χ1v) is 7.52. The van der Waals surface area contributed by atoms with Gasteiger partial charge in [0, 0.05) is 17.7 Å². The molecule has 0 fully saturated rings. The Morgan fingerprint density at radius 1 is 0.941 bits per heavy atom. The lowest BCUT2D eigenvalue weighted by atomic mass is 10.1. The maximum absolute atomic E-state index is 3.23. The minimum atomic E-state index is 0.988. The second kappa shape index (κ2) is 9.19. The molecule has 0 N–H and O–H groups in total. The van der Waals surface area contributed by atoms with Crippen LogP contribution in [0, 0.1) is 11.8 Å². The Morgan fingerprint density at radius 3 is 2.29 bits per heavy atom. The fraction of sp³-hybridized carbons (Fsp3) is 0.500. The second-order valence-electron chi connectivity index (χ2n) is 4.10. The molecule has 0 bridgehead atoms. The van der Waals surface area contributed by atoms with Gasteiger partial charge in [0.2, 0.25) is 0 Å². The maximum atomic E-state index is 3.23. The Balaban J connectivity index is 2.33. The predicted octanol–water partition coefficient (Wildman–Crippen LogP) is 4.92. The third-order valence-corrected chi connectivity index (χ3v) is 3.65. The van der Waals surface area contributed by atoms with Crippen molar-refractivity contribution in [2.24, 2.45) is 0 Å². The molecule has 0 radical (unpaired) electrons. The summed E-state index contributed by atoms with van der Waals surface area (Å²) in [5.41, 5.74) is 1.40. The van der Waals surface area contributed by atoms with Crippen molar-refractivity contribution in [2.75, 3.05) is 5.75 Å². The minimum absolute atomic E-state index is 0.988. The van der Waals surface area contributed by atoms with Gasteiger partial charge in [-0.15, -0.1) is 23.6 Å². The monoisotopic (exact) mass is 246 g/mol. The molecule has 1 heteroatoms. The summed E-state index contributed by atoms with van der Waals surface area (Å²) in [6.45, 7) is 4.39. The molecule has 0 aliphatic carbocycles. The number of rotatable bonds is 6. The van der Waals surface area contributed by atoms with E-state index in [4.69, 9.17) is 0 Å². The van der Waals surface area contributed by atoms with Crippen LogP contribution in [0.25, 0.3) is 0 Å². The standard InChI is InChI=1S/C16H22S/c1-3-5-6-7-8-9-15-10-12-16(13-11-15)17-14-4-2/h10-13H,3-5,8-9,14H2,1-2H3. The molecular weight excluding hydrogens is 224 g/mol. The third-order valence-electron chi connectivity index (χ3n) is 2.43. The quantitative estimate of drug-likeness (QED) is 0.507. The maximum Gasteiger partial charge on any atom is 0.0129 e. The summed E-state index contributed by atoms with van der Waals surface area (Å²) in [6, 6.07) is 8.93. The summed E-state index contributed by atoms with van der Waals surface area (Å²) in [7, 11) is 0. The molecule has 0 amide bonds.